The van der Waals surface area contributed by atoms with Gasteiger partial charge in [0.05, 0.1) is 11.4 Å². The number of rotatable bonds is 4. The van der Waals surface area contributed by atoms with Crippen LogP contribution in [0.1, 0.15) is 77.6 Å². The van der Waals surface area contributed by atoms with Gasteiger partial charge in [-0.3, -0.25) is 9.98 Å². The summed E-state index contributed by atoms with van der Waals surface area (Å²) in [6.07, 6.45) is 3.37. The molecule has 0 aliphatic heterocycles. The van der Waals surface area contributed by atoms with Gasteiger partial charge in [0.2, 0.25) is 0 Å². The zero-order valence-corrected chi connectivity index (χ0v) is 27.9. The van der Waals surface area contributed by atoms with Crippen LogP contribution in [0.15, 0.2) is 82.8 Å². The van der Waals surface area contributed by atoms with Crippen molar-refractivity contribution in [1.82, 2.24) is 0 Å². The normalized spacial score (nSPS) is 11.3. The van der Waals surface area contributed by atoms with Gasteiger partial charge in [-0.1, -0.05) is 77.9 Å². The summed E-state index contributed by atoms with van der Waals surface area (Å²) in [7, 11) is 0. The van der Waals surface area contributed by atoms with Crippen molar-refractivity contribution < 1.29 is 46.8 Å². The maximum absolute atomic E-state index is 10.4. The smallest absolute Gasteiger partial charge is 0.550 e. The van der Waals surface area contributed by atoms with Crippen LogP contribution in [-0.2, 0) is 37.2 Å². The minimum atomic E-state index is -1.08. The van der Waals surface area contributed by atoms with E-state index in [1.54, 1.807) is 24.6 Å². The number of fused-ring (bicyclic) bond motifs is 1. The van der Waals surface area contributed by atoms with Gasteiger partial charge in [0.25, 0.3) is 0 Å². The molecule has 0 unspecified atom stereocenters. The van der Waals surface area contributed by atoms with E-state index in [1.807, 2.05) is 60.7 Å². The Bertz CT molecular complexity index is 1550. The predicted octanol–water partition coefficient (Wildman–Crippen LogP) is 5.86. The Labute approximate surface area is 275 Å². The van der Waals surface area contributed by atoms with Gasteiger partial charge in [0, 0.05) is 35.5 Å². The van der Waals surface area contributed by atoms with Gasteiger partial charge in [0.1, 0.15) is 11.5 Å². The average molecular weight is 656 g/mol. The quantitative estimate of drug-likeness (QED) is 0.264. The third-order valence-corrected chi connectivity index (χ3v) is 6.32. The van der Waals surface area contributed by atoms with Crippen molar-refractivity contribution in [2.75, 3.05) is 0 Å². The van der Waals surface area contributed by atoms with Crippen LogP contribution < -0.4 is 10.2 Å². The Kier molecular flexibility index (Phi) is 14.2. The SMILES string of the molecule is CC(=O)[O-].CC(=O)[O-].CC(C)(C)c1ccc(O)c(C=Nc2cc3ccccc3cc2N=Cc2cc(C(C)(C)C)ccc2O)c1.[Co+2]. The summed E-state index contributed by atoms with van der Waals surface area (Å²) in [6.45, 7) is 14.8. The van der Waals surface area contributed by atoms with E-state index in [0.717, 1.165) is 35.7 Å². The topological polar surface area (TPSA) is 145 Å². The summed E-state index contributed by atoms with van der Waals surface area (Å²) in [4.78, 5) is 27.3. The molecule has 0 bridgehead atoms. The van der Waals surface area contributed by atoms with Crippen LogP contribution in [0.5, 0.6) is 11.5 Å². The first kappa shape index (κ1) is 38.6. The van der Waals surface area contributed by atoms with Crippen LogP contribution in [0.4, 0.5) is 11.4 Å². The molecule has 2 N–H and O–H groups in total. The van der Waals surface area contributed by atoms with E-state index < -0.39 is 11.9 Å². The number of hydrogen-bond donors (Lipinski definition) is 2. The summed E-state index contributed by atoms with van der Waals surface area (Å²) in [5.41, 5.74) is 4.81. The summed E-state index contributed by atoms with van der Waals surface area (Å²) in [5, 5.41) is 40.8. The van der Waals surface area contributed by atoms with Crippen LogP contribution in [0, 0.1) is 0 Å². The molecule has 8 nitrogen and oxygen atoms in total. The summed E-state index contributed by atoms with van der Waals surface area (Å²) in [5.74, 6) is -1.80. The summed E-state index contributed by atoms with van der Waals surface area (Å²) < 4.78 is 0. The maximum atomic E-state index is 10.4. The minimum Gasteiger partial charge on any atom is -0.550 e. The molecule has 0 saturated heterocycles. The van der Waals surface area contributed by atoms with Crippen LogP contribution in [0.3, 0.4) is 0 Å². The number of phenols is 2. The van der Waals surface area contributed by atoms with Crippen LogP contribution in [0.2, 0.25) is 0 Å². The molecule has 4 rings (SSSR count). The Morgan fingerprint density at radius 2 is 0.933 bits per heavy atom. The number of carbonyl (C=O) groups is 2. The summed E-state index contributed by atoms with van der Waals surface area (Å²) in [6, 6.07) is 23.3. The zero-order chi connectivity index (χ0) is 33.2. The van der Waals surface area contributed by atoms with E-state index in [0.29, 0.717) is 22.5 Å². The number of carboxylic acids is 2. The van der Waals surface area contributed by atoms with E-state index in [9.17, 15) is 10.2 Å². The molecule has 4 aromatic carbocycles. The third kappa shape index (κ3) is 12.6. The second-order valence-corrected chi connectivity index (χ2v) is 12.2. The maximum Gasteiger partial charge on any atom is 2.00 e. The Morgan fingerprint density at radius 3 is 1.22 bits per heavy atom. The number of hydrogen-bond acceptors (Lipinski definition) is 8. The number of benzene rings is 4. The largest absolute Gasteiger partial charge is 2.00 e. The van der Waals surface area contributed by atoms with Gasteiger partial charge in [-0.25, -0.2) is 0 Å². The first-order valence-corrected chi connectivity index (χ1v) is 14.0. The molecule has 4 aromatic rings. The second kappa shape index (κ2) is 16.6. The Balaban J connectivity index is 0.00000101. The van der Waals surface area contributed by atoms with Gasteiger partial charge in [0.15, 0.2) is 0 Å². The molecular formula is C36H40CoN2O6. The van der Waals surface area contributed by atoms with Gasteiger partial charge < -0.3 is 30.0 Å². The molecule has 0 saturated carbocycles. The fourth-order valence-electron chi connectivity index (χ4n) is 3.95. The second-order valence-electron chi connectivity index (χ2n) is 12.2. The van der Waals surface area contributed by atoms with Crippen molar-refractivity contribution in [2.24, 2.45) is 9.98 Å². The minimum absolute atomic E-state index is 0. The van der Waals surface area contributed by atoms with Crippen LogP contribution in [0.25, 0.3) is 10.8 Å². The van der Waals surface area contributed by atoms with E-state index >= 15 is 0 Å². The molecule has 0 spiro atoms. The predicted molar refractivity (Wildman–Crippen MR) is 173 cm³/mol. The van der Waals surface area contributed by atoms with Crippen molar-refractivity contribution in [1.29, 1.82) is 0 Å². The number of nitrogens with zero attached hydrogens (tertiary/aromatic N) is 2. The third-order valence-electron chi connectivity index (χ3n) is 6.32. The van der Waals surface area contributed by atoms with E-state index in [1.165, 1.54) is 0 Å². The number of aliphatic imine (C=N–C) groups is 2. The number of carboxylic acid groups (broad SMARTS) is 2. The number of aromatic hydroxyl groups is 2. The standard InChI is InChI=1S/C32H34N2O2.2C2H4O2.Co/c1-31(2,3)25-11-13-29(35)23(15-25)19-33-27-17-21-9-7-8-10-22(21)18-28(27)34-20-24-16-26(32(4,5)6)12-14-30(24)36;2*1-2(3)4;/h7-20,35-36H,1-6H3;2*1H3,(H,3,4);/q;;;+2/p-2. The first-order valence-electron chi connectivity index (χ1n) is 14.0. The van der Waals surface area contributed by atoms with E-state index in [4.69, 9.17) is 29.8 Å². The van der Waals surface area contributed by atoms with Gasteiger partial charge >= 0.3 is 16.8 Å². The molecule has 9 heteroatoms. The Morgan fingerprint density at radius 1 is 0.622 bits per heavy atom. The Hall–Kier alpha value is -4.47. The van der Waals surface area contributed by atoms with Crippen molar-refractivity contribution >= 4 is 46.5 Å². The molecular weight excluding hydrogens is 615 g/mol. The molecule has 0 aliphatic carbocycles. The molecule has 0 aliphatic rings. The van der Waals surface area contributed by atoms with E-state index in [2.05, 4.69) is 41.5 Å². The monoisotopic (exact) mass is 655 g/mol. The van der Waals surface area contributed by atoms with Crippen molar-refractivity contribution in [3.05, 3.63) is 95.1 Å². The van der Waals surface area contributed by atoms with Gasteiger partial charge in [-0.2, -0.15) is 0 Å². The van der Waals surface area contributed by atoms with Crippen molar-refractivity contribution in [3.63, 3.8) is 0 Å². The van der Waals surface area contributed by atoms with E-state index in [-0.39, 0.29) is 39.1 Å². The number of aliphatic carboxylic acids is 2. The zero-order valence-electron chi connectivity index (χ0n) is 26.8. The molecule has 0 atom stereocenters. The number of carbonyl (C=O) groups excluding carboxylic acids is 2. The molecule has 0 heterocycles. The molecule has 0 amide bonds. The fraction of sp³-hybridized carbons (Fsp3) is 0.278. The molecule has 45 heavy (non-hydrogen) atoms. The average Bonchev–Trinajstić information content (AvgIpc) is 2.90. The first-order chi connectivity index (χ1) is 20.4. The van der Waals surface area contributed by atoms with Gasteiger partial charge in [-0.15, -0.1) is 0 Å². The van der Waals surface area contributed by atoms with Crippen LogP contribution >= 0.6 is 0 Å². The number of phenolic OH excluding ortho intramolecular Hbond substituents is 2. The van der Waals surface area contributed by atoms with Crippen molar-refractivity contribution in [2.45, 2.75) is 66.2 Å². The van der Waals surface area contributed by atoms with Crippen molar-refractivity contribution in [3.8, 4) is 11.5 Å². The molecule has 0 aromatic heterocycles. The van der Waals surface area contributed by atoms with Gasteiger partial charge in [-0.05, 0) is 83.0 Å². The van der Waals surface area contributed by atoms with Crippen LogP contribution in [-0.4, -0.2) is 34.6 Å². The molecule has 239 valence electrons. The summed E-state index contributed by atoms with van der Waals surface area (Å²) >= 11 is 0. The fourth-order valence-corrected chi connectivity index (χ4v) is 3.95. The molecule has 1 radical (unpaired) electrons. The molecule has 0 fully saturated rings.